The van der Waals surface area contributed by atoms with Gasteiger partial charge in [0.2, 0.25) is 0 Å². The molecule has 2 aromatic rings. The summed E-state index contributed by atoms with van der Waals surface area (Å²) < 4.78 is 1.75. The minimum Gasteiger partial charge on any atom is -0.507 e. The first-order valence-electron chi connectivity index (χ1n) is 8.73. The Hall–Kier alpha value is -1.59. The van der Waals surface area contributed by atoms with Gasteiger partial charge < -0.3 is 9.67 Å². The third-order valence-corrected chi connectivity index (χ3v) is 6.03. The summed E-state index contributed by atoms with van der Waals surface area (Å²) in [6, 6.07) is 5.67. The molecule has 0 aromatic carbocycles. The molecule has 5 heteroatoms. The van der Waals surface area contributed by atoms with Gasteiger partial charge in [-0.3, -0.25) is 9.69 Å². The molecule has 4 nitrogen and oxygen atoms in total. The number of pyridine rings is 1. The molecule has 2 aromatic heterocycles. The van der Waals surface area contributed by atoms with E-state index in [-0.39, 0.29) is 17.4 Å². The number of aromatic hydroxyl groups is 1. The van der Waals surface area contributed by atoms with Crippen LogP contribution in [-0.2, 0) is 6.54 Å². The van der Waals surface area contributed by atoms with Crippen molar-refractivity contribution in [1.82, 2.24) is 9.47 Å². The second-order valence-electron chi connectivity index (χ2n) is 6.77. The van der Waals surface area contributed by atoms with Gasteiger partial charge in [0.05, 0.1) is 11.6 Å². The average molecular weight is 346 g/mol. The van der Waals surface area contributed by atoms with Crippen molar-refractivity contribution in [3.63, 3.8) is 0 Å². The van der Waals surface area contributed by atoms with Gasteiger partial charge in [-0.05, 0) is 63.2 Å². The Bertz CT molecular complexity index is 743. The van der Waals surface area contributed by atoms with Crippen LogP contribution in [0.1, 0.15) is 48.9 Å². The van der Waals surface area contributed by atoms with Crippen molar-refractivity contribution < 1.29 is 5.11 Å². The molecule has 1 atom stereocenters. The number of rotatable bonds is 4. The average Bonchev–Trinajstić information content (AvgIpc) is 3.06. The number of thiophene rings is 1. The minimum absolute atomic E-state index is 0.0629. The van der Waals surface area contributed by atoms with E-state index in [9.17, 15) is 9.90 Å². The third kappa shape index (κ3) is 3.15. The van der Waals surface area contributed by atoms with Crippen LogP contribution in [-0.4, -0.2) is 27.7 Å². The third-order valence-electron chi connectivity index (χ3n) is 5.11. The van der Waals surface area contributed by atoms with E-state index in [0.29, 0.717) is 12.1 Å². The predicted molar refractivity (Wildman–Crippen MR) is 98.9 cm³/mol. The van der Waals surface area contributed by atoms with E-state index in [2.05, 4.69) is 17.9 Å². The van der Waals surface area contributed by atoms with Gasteiger partial charge in [0.1, 0.15) is 5.75 Å². The molecule has 1 N–H and O–H groups in total. The summed E-state index contributed by atoms with van der Waals surface area (Å²) in [5.41, 5.74) is 1.27. The van der Waals surface area contributed by atoms with Crippen LogP contribution < -0.4 is 5.56 Å². The number of piperidine rings is 1. The van der Waals surface area contributed by atoms with Crippen LogP contribution in [0.15, 0.2) is 28.4 Å². The molecule has 1 aliphatic heterocycles. The largest absolute Gasteiger partial charge is 0.507 e. The number of aryl methyl sites for hydroxylation is 1. The van der Waals surface area contributed by atoms with E-state index in [1.54, 1.807) is 22.0 Å². The molecule has 1 fully saturated rings. The standard InChI is InChI=1S/C19H26N2O2S/c1-4-21-14(3)12-15(22)17(19(21)23)18(16-6-5-11-24-16)20-9-7-13(2)8-10-20/h5-6,11-13,18,22H,4,7-10H2,1-3H3/t18-/m0/s1. The van der Waals surface area contributed by atoms with E-state index in [4.69, 9.17) is 0 Å². The number of hydrogen-bond acceptors (Lipinski definition) is 4. The Morgan fingerprint density at radius 2 is 2.08 bits per heavy atom. The second kappa shape index (κ2) is 7.11. The van der Waals surface area contributed by atoms with E-state index < -0.39 is 0 Å². The van der Waals surface area contributed by atoms with E-state index in [1.165, 1.54) is 0 Å². The molecule has 0 bridgehead atoms. The maximum atomic E-state index is 13.1. The topological polar surface area (TPSA) is 45.5 Å². The van der Waals surface area contributed by atoms with E-state index in [0.717, 1.165) is 42.4 Å². The van der Waals surface area contributed by atoms with Gasteiger partial charge in [-0.2, -0.15) is 0 Å². The van der Waals surface area contributed by atoms with Crippen LogP contribution in [0.4, 0.5) is 0 Å². The zero-order valence-corrected chi connectivity index (χ0v) is 15.5. The second-order valence-corrected chi connectivity index (χ2v) is 7.75. The van der Waals surface area contributed by atoms with Crippen molar-refractivity contribution in [1.29, 1.82) is 0 Å². The van der Waals surface area contributed by atoms with Crippen molar-refractivity contribution in [2.75, 3.05) is 13.1 Å². The molecule has 24 heavy (non-hydrogen) atoms. The Kier molecular flexibility index (Phi) is 5.11. The Balaban J connectivity index is 2.12. The molecule has 0 radical (unpaired) electrons. The van der Waals surface area contributed by atoms with Gasteiger partial charge in [0, 0.05) is 17.1 Å². The van der Waals surface area contributed by atoms with E-state index >= 15 is 0 Å². The number of likely N-dealkylation sites (tertiary alicyclic amines) is 1. The lowest BCUT2D eigenvalue weighted by molar-refractivity contribution is 0.156. The minimum atomic E-state index is -0.150. The lowest BCUT2D eigenvalue weighted by atomic mass is 9.95. The van der Waals surface area contributed by atoms with Crippen LogP contribution in [0.2, 0.25) is 0 Å². The van der Waals surface area contributed by atoms with E-state index in [1.807, 2.05) is 25.3 Å². The van der Waals surface area contributed by atoms with Crippen molar-refractivity contribution in [3.05, 3.63) is 50.1 Å². The lowest BCUT2D eigenvalue weighted by Crippen LogP contribution is -2.39. The summed E-state index contributed by atoms with van der Waals surface area (Å²) in [5, 5.41) is 12.6. The maximum absolute atomic E-state index is 13.1. The molecule has 1 saturated heterocycles. The highest BCUT2D eigenvalue weighted by atomic mass is 32.1. The van der Waals surface area contributed by atoms with Crippen molar-refractivity contribution in [2.45, 2.75) is 46.2 Å². The van der Waals surface area contributed by atoms with Crippen LogP contribution in [0.3, 0.4) is 0 Å². The van der Waals surface area contributed by atoms with Gasteiger partial charge in [0.25, 0.3) is 5.56 Å². The summed E-state index contributed by atoms with van der Waals surface area (Å²) in [4.78, 5) is 16.6. The maximum Gasteiger partial charge on any atom is 0.259 e. The number of nitrogens with zero attached hydrogens (tertiary/aromatic N) is 2. The molecule has 0 amide bonds. The molecule has 3 heterocycles. The fourth-order valence-corrected chi connectivity index (χ4v) is 4.52. The Morgan fingerprint density at radius 3 is 2.67 bits per heavy atom. The van der Waals surface area contributed by atoms with Gasteiger partial charge in [-0.15, -0.1) is 11.3 Å². The molecule has 3 rings (SSSR count). The molecule has 130 valence electrons. The zero-order valence-electron chi connectivity index (χ0n) is 14.7. The summed E-state index contributed by atoms with van der Waals surface area (Å²) in [7, 11) is 0. The molecule has 0 spiro atoms. The van der Waals surface area contributed by atoms with Gasteiger partial charge in [-0.1, -0.05) is 13.0 Å². The summed E-state index contributed by atoms with van der Waals surface area (Å²) >= 11 is 1.65. The quantitative estimate of drug-likeness (QED) is 0.917. The summed E-state index contributed by atoms with van der Waals surface area (Å²) in [6.45, 7) is 8.66. The van der Waals surface area contributed by atoms with Crippen LogP contribution >= 0.6 is 11.3 Å². The molecular formula is C19H26N2O2S. The summed E-state index contributed by atoms with van der Waals surface area (Å²) in [6.07, 6.45) is 2.27. The van der Waals surface area contributed by atoms with Crippen molar-refractivity contribution in [2.24, 2.45) is 5.92 Å². The van der Waals surface area contributed by atoms with Gasteiger partial charge >= 0.3 is 0 Å². The molecule has 0 aliphatic carbocycles. The SMILES string of the molecule is CCn1c(C)cc(O)c([C@H](c2cccs2)N2CCC(C)CC2)c1=O. The predicted octanol–water partition coefficient (Wildman–Crippen LogP) is 3.77. The lowest BCUT2D eigenvalue weighted by Gasteiger charge is -2.36. The smallest absolute Gasteiger partial charge is 0.259 e. The molecular weight excluding hydrogens is 320 g/mol. The van der Waals surface area contributed by atoms with Crippen LogP contribution in [0.25, 0.3) is 0 Å². The molecule has 1 aliphatic rings. The fourth-order valence-electron chi connectivity index (χ4n) is 3.66. The van der Waals surface area contributed by atoms with Crippen LogP contribution in [0.5, 0.6) is 5.75 Å². The highest BCUT2D eigenvalue weighted by Gasteiger charge is 2.31. The normalized spacial score (nSPS) is 18.0. The Morgan fingerprint density at radius 1 is 1.38 bits per heavy atom. The van der Waals surface area contributed by atoms with Gasteiger partial charge in [0.15, 0.2) is 0 Å². The molecule has 0 saturated carbocycles. The van der Waals surface area contributed by atoms with Crippen molar-refractivity contribution >= 4 is 11.3 Å². The number of aromatic nitrogens is 1. The monoisotopic (exact) mass is 346 g/mol. The Labute approximate surface area is 147 Å². The first kappa shape index (κ1) is 17.2. The van der Waals surface area contributed by atoms with Gasteiger partial charge in [-0.25, -0.2) is 0 Å². The highest BCUT2D eigenvalue weighted by molar-refractivity contribution is 7.10. The number of hydrogen-bond donors (Lipinski definition) is 1. The first-order chi connectivity index (χ1) is 11.5. The molecule has 0 unspecified atom stereocenters. The van der Waals surface area contributed by atoms with Crippen LogP contribution in [0, 0.1) is 12.8 Å². The zero-order chi connectivity index (χ0) is 17.3. The highest BCUT2D eigenvalue weighted by Crippen LogP contribution is 2.36. The summed E-state index contributed by atoms with van der Waals surface area (Å²) in [5.74, 6) is 0.850. The first-order valence-corrected chi connectivity index (χ1v) is 9.61. The fraction of sp³-hybridized carbons (Fsp3) is 0.526. The van der Waals surface area contributed by atoms with Crippen molar-refractivity contribution in [3.8, 4) is 5.75 Å².